The molecular formula is C18H19N3O2. The van der Waals surface area contributed by atoms with Crippen molar-refractivity contribution < 1.29 is 4.79 Å². The van der Waals surface area contributed by atoms with Gasteiger partial charge in [0.05, 0.1) is 17.0 Å². The Kier molecular flexibility index (Phi) is 4.65. The number of nitriles is 1. The maximum absolute atomic E-state index is 12.5. The molecule has 2 aromatic rings. The Bertz CT molecular complexity index is 829. The standard InChI is InChI=1S/C18H19N3O2/c1-13-7-8-16(22)21(11-13)12-18(2,3)17(23)20-15-6-4-5-14(9-15)10-19/h4-9,11H,12H2,1-3H3,(H,20,23). The molecule has 5 nitrogen and oxygen atoms in total. The fraction of sp³-hybridized carbons (Fsp3) is 0.278. The Morgan fingerprint density at radius 1 is 1.30 bits per heavy atom. The predicted molar refractivity (Wildman–Crippen MR) is 89.0 cm³/mol. The molecule has 0 aliphatic carbocycles. The minimum atomic E-state index is -0.778. The number of hydrogen-bond acceptors (Lipinski definition) is 3. The van der Waals surface area contributed by atoms with Crippen molar-refractivity contribution in [3.8, 4) is 6.07 Å². The second-order valence-electron chi connectivity index (χ2n) is 6.20. The van der Waals surface area contributed by atoms with E-state index >= 15 is 0 Å². The average molecular weight is 309 g/mol. The quantitative estimate of drug-likeness (QED) is 0.943. The first-order chi connectivity index (χ1) is 10.8. The summed E-state index contributed by atoms with van der Waals surface area (Å²) in [5.41, 5.74) is 1.10. The van der Waals surface area contributed by atoms with Crippen LogP contribution in [0.3, 0.4) is 0 Å². The number of rotatable bonds is 4. The molecule has 0 radical (unpaired) electrons. The highest BCUT2D eigenvalue weighted by molar-refractivity contribution is 5.94. The number of anilines is 1. The van der Waals surface area contributed by atoms with Gasteiger partial charge in [0.25, 0.3) is 5.56 Å². The first-order valence-corrected chi connectivity index (χ1v) is 7.30. The number of benzene rings is 1. The molecule has 0 spiro atoms. The summed E-state index contributed by atoms with van der Waals surface area (Å²) >= 11 is 0. The highest BCUT2D eigenvalue weighted by atomic mass is 16.2. The van der Waals surface area contributed by atoms with Crippen molar-refractivity contribution in [2.24, 2.45) is 5.41 Å². The molecule has 0 atom stereocenters. The van der Waals surface area contributed by atoms with Crippen molar-refractivity contribution in [3.63, 3.8) is 0 Å². The van der Waals surface area contributed by atoms with E-state index in [1.54, 1.807) is 54.9 Å². The third-order valence-electron chi connectivity index (χ3n) is 3.56. The normalized spacial score (nSPS) is 10.9. The monoisotopic (exact) mass is 309 g/mol. The van der Waals surface area contributed by atoms with Gasteiger partial charge in [-0.3, -0.25) is 9.59 Å². The van der Waals surface area contributed by atoms with Gasteiger partial charge in [0, 0.05) is 24.5 Å². The molecule has 23 heavy (non-hydrogen) atoms. The van der Waals surface area contributed by atoms with E-state index in [1.165, 1.54) is 6.07 Å². The SMILES string of the molecule is Cc1ccc(=O)n(CC(C)(C)C(=O)Nc2cccc(C#N)c2)c1. The highest BCUT2D eigenvalue weighted by Crippen LogP contribution is 2.21. The van der Waals surface area contributed by atoms with E-state index in [-0.39, 0.29) is 18.0 Å². The van der Waals surface area contributed by atoms with Crippen LogP contribution in [0.15, 0.2) is 47.4 Å². The summed E-state index contributed by atoms with van der Waals surface area (Å²) in [6, 6.07) is 12.0. The lowest BCUT2D eigenvalue weighted by Gasteiger charge is -2.24. The molecule has 1 N–H and O–H groups in total. The summed E-state index contributed by atoms with van der Waals surface area (Å²) in [4.78, 5) is 24.4. The molecule has 0 unspecified atom stereocenters. The van der Waals surface area contributed by atoms with Gasteiger partial charge in [0.1, 0.15) is 0 Å². The van der Waals surface area contributed by atoms with Crippen LogP contribution in [0.25, 0.3) is 0 Å². The van der Waals surface area contributed by atoms with Crippen molar-refractivity contribution in [3.05, 3.63) is 64.1 Å². The number of nitrogens with zero attached hydrogens (tertiary/aromatic N) is 2. The van der Waals surface area contributed by atoms with Gasteiger partial charge < -0.3 is 9.88 Å². The van der Waals surface area contributed by atoms with Crippen LogP contribution in [0.4, 0.5) is 5.69 Å². The lowest BCUT2D eigenvalue weighted by Crippen LogP contribution is -2.37. The fourth-order valence-electron chi connectivity index (χ4n) is 2.24. The molecule has 2 rings (SSSR count). The number of carbonyl (C=O) groups is 1. The van der Waals surface area contributed by atoms with Crippen LogP contribution in [-0.2, 0) is 11.3 Å². The third kappa shape index (κ3) is 4.07. The van der Waals surface area contributed by atoms with Gasteiger partial charge >= 0.3 is 0 Å². The predicted octanol–water partition coefficient (Wildman–Crippen LogP) is 2.69. The van der Waals surface area contributed by atoms with Crippen molar-refractivity contribution >= 4 is 11.6 Å². The van der Waals surface area contributed by atoms with E-state index in [0.717, 1.165) is 5.56 Å². The van der Waals surface area contributed by atoms with Gasteiger partial charge in [-0.2, -0.15) is 5.26 Å². The maximum Gasteiger partial charge on any atom is 0.250 e. The molecule has 0 fully saturated rings. The third-order valence-corrected chi connectivity index (χ3v) is 3.56. The van der Waals surface area contributed by atoms with Gasteiger partial charge in [-0.15, -0.1) is 0 Å². The summed E-state index contributed by atoms with van der Waals surface area (Å²) in [5, 5.41) is 11.7. The molecule has 0 saturated heterocycles. The zero-order valence-corrected chi connectivity index (χ0v) is 13.5. The molecule has 0 saturated carbocycles. The molecule has 1 aromatic carbocycles. The van der Waals surface area contributed by atoms with E-state index in [2.05, 4.69) is 5.32 Å². The topological polar surface area (TPSA) is 74.9 Å². The number of nitrogens with one attached hydrogen (secondary N) is 1. The zero-order valence-electron chi connectivity index (χ0n) is 13.5. The highest BCUT2D eigenvalue weighted by Gasteiger charge is 2.28. The van der Waals surface area contributed by atoms with E-state index in [9.17, 15) is 9.59 Å². The minimum Gasteiger partial charge on any atom is -0.326 e. The summed E-state index contributed by atoms with van der Waals surface area (Å²) in [6.45, 7) is 5.74. The van der Waals surface area contributed by atoms with Crippen molar-refractivity contribution in [1.29, 1.82) is 5.26 Å². The van der Waals surface area contributed by atoms with Gasteiger partial charge in [-0.05, 0) is 44.5 Å². The molecule has 5 heteroatoms. The van der Waals surface area contributed by atoms with Crippen LogP contribution < -0.4 is 10.9 Å². The van der Waals surface area contributed by atoms with E-state index < -0.39 is 5.41 Å². The Balaban J connectivity index is 2.18. The molecule has 1 aromatic heterocycles. The minimum absolute atomic E-state index is 0.136. The number of hydrogen-bond donors (Lipinski definition) is 1. The smallest absolute Gasteiger partial charge is 0.250 e. The second-order valence-corrected chi connectivity index (χ2v) is 6.20. The summed E-state index contributed by atoms with van der Waals surface area (Å²) in [7, 11) is 0. The number of aryl methyl sites for hydroxylation is 1. The van der Waals surface area contributed by atoms with E-state index in [4.69, 9.17) is 5.26 Å². The Morgan fingerprint density at radius 3 is 2.74 bits per heavy atom. The van der Waals surface area contributed by atoms with Crippen LogP contribution in [0.5, 0.6) is 0 Å². The molecule has 1 amide bonds. The van der Waals surface area contributed by atoms with Gasteiger partial charge in [0.15, 0.2) is 0 Å². The zero-order chi connectivity index (χ0) is 17.0. The Hall–Kier alpha value is -2.87. The van der Waals surface area contributed by atoms with Crippen LogP contribution in [0.1, 0.15) is 25.0 Å². The lowest BCUT2D eigenvalue weighted by atomic mass is 9.91. The Morgan fingerprint density at radius 2 is 2.04 bits per heavy atom. The lowest BCUT2D eigenvalue weighted by molar-refractivity contribution is -0.124. The largest absolute Gasteiger partial charge is 0.326 e. The van der Waals surface area contributed by atoms with Crippen molar-refractivity contribution in [1.82, 2.24) is 4.57 Å². The van der Waals surface area contributed by atoms with Crippen LogP contribution in [-0.4, -0.2) is 10.5 Å². The summed E-state index contributed by atoms with van der Waals surface area (Å²) < 4.78 is 1.54. The molecule has 118 valence electrons. The second kappa shape index (κ2) is 6.49. The van der Waals surface area contributed by atoms with Crippen molar-refractivity contribution in [2.45, 2.75) is 27.3 Å². The summed E-state index contributed by atoms with van der Waals surface area (Å²) in [6.07, 6.45) is 1.74. The maximum atomic E-state index is 12.5. The van der Waals surface area contributed by atoms with Crippen LogP contribution >= 0.6 is 0 Å². The molecule has 0 bridgehead atoms. The fourth-order valence-corrected chi connectivity index (χ4v) is 2.24. The number of aromatic nitrogens is 1. The number of amides is 1. The first-order valence-electron chi connectivity index (χ1n) is 7.30. The molecule has 0 aliphatic heterocycles. The first kappa shape index (κ1) is 16.5. The average Bonchev–Trinajstić information content (AvgIpc) is 2.51. The molecule has 0 aliphatic rings. The number of pyridine rings is 1. The molecule has 1 heterocycles. The Labute approximate surface area is 135 Å². The van der Waals surface area contributed by atoms with E-state index in [1.807, 2.05) is 13.0 Å². The van der Waals surface area contributed by atoms with Crippen molar-refractivity contribution in [2.75, 3.05) is 5.32 Å². The number of carbonyl (C=O) groups excluding carboxylic acids is 1. The van der Waals surface area contributed by atoms with Crippen LogP contribution in [0, 0.1) is 23.7 Å². The summed E-state index contributed by atoms with van der Waals surface area (Å²) in [5.74, 6) is -0.207. The van der Waals surface area contributed by atoms with Crippen LogP contribution in [0.2, 0.25) is 0 Å². The van der Waals surface area contributed by atoms with E-state index in [0.29, 0.717) is 11.3 Å². The van der Waals surface area contributed by atoms with Gasteiger partial charge in [-0.1, -0.05) is 12.1 Å². The van der Waals surface area contributed by atoms with Gasteiger partial charge in [0.2, 0.25) is 5.91 Å². The molecular weight excluding hydrogens is 290 g/mol. The van der Waals surface area contributed by atoms with Gasteiger partial charge in [-0.25, -0.2) is 0 Å².